The van der Waals surface area contributed by atoms with Crippen LogP contribution in [0.5, 0.6) is 23.0 Å². The summed E-state index contributed by atoms with van der Waals surface area (Å²) in [6.07, 6.45) is 10.1. The standard InChI is InChI=1S/C40H43F2NO6S/c1-27(44)50-21-9-7-5-3-4-6-8-20-48-37-26-33-31(25-36(37)47-2)34(16-19-43-33)49-35-15-12-29(22-32(35)42)24-39(46)40(17-18-40)38(45)23-28-10-13-30(41)14-11-28/h10-16,19,22,25-26H,3-9,17-18,20-21,23-24H2,1-2H3. The third-order valence-electron chi connectivity index (χ3n) is 9.01. The first-order chi connectivity index (χ1) is 24.2. The van der Waals surface area contributed by atoms with Crippen molar-refractivity contribution in [1.82, 2.24) is 4.98 Å². The number of rotatable bonds is 20. The van der Waals surface area contributed by atoms with Gasteiger partial charge in [-0.2, -0.15) is 0 Å². The van der Waals surface area contributed by atoms with Crippen molar-refractivity contribution in [3.8, 4) is 23.0 Å². The van der Waals surface area contributed by atoms with Crippen LogP contribution < -0.4 is 14.2 Å². The molecule has 0 atom stereocenters. The van der Waals surface area contributed by atoms with E-state index in [9.17, 15) is 18.8 Å². The molecule has 4 aromatic rings. The third kappa shape index (κ3) is 9.90. The summed E-state index contributed by atoms with van der Waals surface area (Å²) in [4.78, 5) is 41.7. The Bertz CT molecular complexity index is 1810. The Hall–Kier alpha value is -4.31. The van der Waals surface area contributed by atoms with Crippen LogP contribution in [0.2, 0.25) is 0 Å². The quantitative estimate of drug-likeness (QED) is 0.0664. The molecule has 7 nitrogen and oxygen atoms in total. The average molecular weight is 704 g/mol. The van der Waals surface area contributed by atoms with Gasteiger partial charge in [0.25, 0.3) is 0 Å². The van der Waals surface area contributed by atoms with E-state index in [0.717, 1.165) is 37.9 Å². The second-order valence-corrected chi connectivity index (χ2v) is 14.0. The molecule has 0 saturated heterocycles. The van der Waals surface area contributed by atoms with Crippen molar-refractivity contribution in [1.29, 1.82) is 0 Å². The minimum atomic E-state index is -1.06. The summed E-state index contributed by atoms with van der Waals surface area (Å²) in [5, 5.41) is 0.801. The van der Waals surface area contributed by atoms with Gasteiger partial charge in [-0.3, -0.25) is 19.4 Å². The Morgan fingerprint density at radius 3 is 2.08 bits per heavy atom. The number of Topliss-reactive ketones (excluding diaryl/α,β-unsaturated/α-hetero) is 2. The van der Waals surface area contributed by atoms with Crippen LogP contribution in [0.25, 0.3) is 10.9 Å². The first-order valence-corrected chi connectivity index (χ1v) is 18.2. The average Bonchev–Trinajstić information content (AvgIpc) is 3.92. The Balaban J connectivity index is 1.14. The van der Waals surface area contributed by atoms with E-state index in [2.05, 4.69) is 4.98 Å². The molecule has 1 heterocycles. The van der Waals surface area contributed by atoms with Gasteiger partial charge in [0.2, 0.25) is 0 Å². The van der Waals surface area contributed by atoms with Crippen molar-refractivity contribution in [2.75, 3.05) is 19.5 Å². The zero-order valence-electron chi connectivity index (χ0n) is 28.6. The number of benzene rings is 3. The Morgan fingerprint density at radius 2 is 1.42 bits per heavy atom. The number of halogens is 2. The molecule has 5 rings (SSSR count). The number of hydrogen-bond acceptors (Lipinski definition) is 8. The number of hydrogen-bond donors (Lipinski definition) is 0. The molecule has 0 amide bonds. The highest BCUT2D eigenvalue weighted by Crippen LogP contribution is 2.49. The van der Waals surface area contributed by atoms with Crippen LogP contribution in [0.3, 0.4) is 0 Å². The molecule has 0 aliphatic heterocycles. The van der Waals surface area contributed by atoms with Crippen LogP contribution in [-0.4, -0.2) is 41.1 Å². The van der Waals surface area contributed by atoms with Crippen LogP contribution in [-0.2, 0) is 27.2 Å². The molecule has 1 aliphatic rings. The SMILES string of the molecule is COc1cc2c(Oc3ccc(CC(=O)C4(C(=O)Cc5ccc(F)cc5)CC4)cc3F)ccnc2cc1OCCCCCCCCCSC(C)=O. The molecule has 50 heavy (non-hydrogen) atoms. The molecule has 0 spiro atoms. The molecular weight excluding hydrogens is 661 g/mol. The highest BCUT2D eigenvalue weighted by molar-refractivity contribution is 8.13. The first kappa shape index (κ1) is 37.0. The molecule has 0 unspecified atom stereocenters. The molecule has 10 heteroatoms. The van der Waals surface area contributed by atoms with Crippen LogP contribution >= 0.6 is 11.8 Å². The van der Waals surface area contributed by atoms with Gasteiger partial charge in [-0.05, 0) is 73.2 Å². The molecule has 1 saturated carbocycles. The van der Waals surface area contributed by atoms with Gasteiger partial charge in [0.15, 0.2) is 39.7 Å². The fraction of sp³-hybridized carbons (Fsp3) is 0.400. The topological polar surface area (TPSA) is 91.8 Å². The Morgan fingerprint density at radius 1 is 0.760 bits per heavy atom. The van der Waals surface area contributed by atoms with E-state index < -0.39 is 11.2 Å². The third-order valence-corrected chi connectivity index (χ3v) is 9.91. The van der Waals surface area contributed by atoms with Crippen molar-refractivity contribution in [2.45, 2.75) is 77.6 Å². The van der Waals surface area contributed by atoms with Crippen molar-refractivity contribution in [3.63, 3.8) is 0 Å². The number of ether oxygens (including phenoxy) is 3. The van der Waals surface area contributed by atoms with Crippen molar-refractivity contribution in [3.05, 3.63) is 89.6 Å². The van der Waals surface area contributed by atoms with Crippen molar-refractivity contribution in [2.24, 2.45) is 5.41 Å². The summed E-state index contributed by atoms with van der Waals surface area (Å²) in [6.45, 7) is 2.15. The van der Waals surface area contributed by atoms with Gasteiger partial charge in [0.05, 0.1) is 24.6 Å². The largest absolute Gasteiger partial charge is 0.493 e. The van der Waals surface area contributed by atoms with E-state index in [4.69, 9.17) is 14.2 Å². The monoisotopic (exact) mass is 703 g/mol. The molecule has 0 radical (unpaired) electrons. The van der Waals surface area contributed by atoms with Crippen molar-refractivity contribution >= 4 is 39.3 Å². The molecule has 264 valence electrons. The predicted octanol–water partition coefficient (Wildman–Crippen LogP) is 9.41. The van der Waals surface area contributed by atoms with E-state index in [-0.39, 0.29) is 41.1 Å². The number of unbranched alkanes of at least 4 members (excludes halogenated alkanes) is 6. The number of fused-ring (bicyclic) bond motifs is 1. The van der Waals surface area contributed by atoms with E-state index in [1.807, 2.05) is 0 Å². The molecule has 1 aliphatic carbocycles. The molecule has 1 aromatic heterocycles. The second-order valence-electron chi connectivity index (χ2n) is 12.8. The summed E-state index contributed by atoms with van der Waals surface area (Å²) >= 11 is 1.40. The van der Waals surface area contributed by atoms with E-state index in [0.29, 0.717) is 58.7 Å². The molecule has 0 bridgehead atoms. The molecule has 0 N–H and O–H groups in total. The number of pyridine rings is 1. The predicted molar refractivity (Wildman–Crippen MR) is 191 cm³/mol. The van der Waals surface area contributed by atoms with Gasteiger partial charge in [-0.1, -0.05) is 62.1 Å². The van der Waals surface area contributed by atoms with E-state index in [1.165, 1.54) is 48.9 Å². The highest BCUT2D eigenvalue weighted by Gasteiger charge is 2.54. The summed E-state index contributed by atoms with van der Waals surface area (Å²) < 4.78 is 46.2. The van der Waals surface area contributed by atoms with Crippen LogP contribution in [0.1, 0.15) is 75.8 Å². The maximum absolute atomic E-state index is 15.3. The fourth-order valence-corrected chi connectivity index (χ4v) is 6.62. The zero-order chi connectivity index (χ0) is 35.5. The Labute approximate surface area is 296 Å². The van der Waals surface area contributed by atoms with Crippen LogP contribution in [0.4, 0.5) is 8.78 Å². The lowest BCUT2D eigenvalue weighted by Crippen LogP contribution is -2.28. The maximum Gasteiger partial charge on any atom is 0.185 e. The fourth-order valence-electron chi connectivity index (χ4n) is 5.98. The number of ketones is 2. The number of nitrogens with zero attached hydrogens (tertiary/aromatic N) is 1. The number of methoxy groups -OCH3 is 1. The lowest BCUT2D eigenvalue weighted by atomic mass is 9.88. The summed E-state index contributed by atoms with van der Waals surface area (Å²) in [6, 6.07) is 15.2. The number of carbonyl (C=O) groups excluding carboxylic acids is 3. The van der Waals surface area contributed by atoms with Crippen LogP contribution in [0, 0.1) is 17.0 Å². The zero-order valence-corrected chi connectivity index (χ0v) is 29.4. The van der Waals surface area contributed by atoms with Gasteiger partial charge in [-0.25, -0.2) is 8.78 Å². The second kappa shape index (κ2) is 17.6. The molecular formula is C40H43F2NO6S. The summed E-state index contributed by atoms with van der Waals surface area (Å²) in [7, 11) is 1.56. The lowest BCUT2D eigenvalue weighted by Gasteiger charge is -2.15. The Kier molecular flexibility index (Phi) is 13.0. The lowest BCUT2D eigenvalue weighted by molar-refractivity contribution is -0.133. The summed E-state index contributed by atoms with van der Waals surface area (Å²) in [5.41, 5.74) is 0.642. The minimum Gasteiger partial charge on any atom is -0.493 e. The number of aromatic nitrogens is 1. The van der Waals surface area contributed by atoms with Gasteiger partial charge in [-0.15, -0.1) is 0 Å². The highest BCUT2D eigenvalue weighted by atomic mass is 32.2. The normalized spacial score (nSPS) is 13.2. The molecule has 1 fully saturated rings. The minimum absolute atomic E-state index is 0.0172. The van der Waals surface area contributed by atoms with Gasteiger partial charge in [0.1, 0.15) is 11.6 Å². The van der Waals surface area contributed by atoms with E-state index >= 15 is 4.39 Å². The van der Waals surface area contributed by atoms with Crippen LogP contribution in [0.15, 0.2) is 66.9 Å². The summed E-state index contributed by atoms with van der Waals surface area (Å²) in [5.74, 6) is 0.889. The van der Waals surface area contributed by atoms with Gasteiger partial charge < -0.3 is 14.2 Å². The van der Waals surface area contributed by atoms with Crippen molar-refractivity contribution < 1.29 is 37.4 Å². The maximum atomic E-state index is 15.3. The smallest absolute Gasteiger partial charge is 0.185 e. The first-order valence-electron chi connectivity index (χ1n) is 17.2. The van der Waals surface area contributed by atoms with Gasteiger partial charge in [0, 0.05) is 43.2 Å². The van der Waals surface area contributed by atoms with Gasteiger partial charge >= 0.3 is 0 Å². The van der Waals surface area contributed by atoms with E-state index in [1.54, 1.807) is 56.6 Å². The number of thioether (sulfide) groups is 1. The molecule has 3 aromatic carbocycles. The number of carbonyl (C=O) groups is 3.